The van der Waals surface area contributed by atoms with Crippen molar-refractivity contribution < 1.29 is 23.8 Å². The summed E-state index contributed by atoms with van der Waals surface area (Å²) in [5.74, 6) is -0.399. The zero-order chi connectivity index (χ0) is 49.2. The Balaban J connectivity index is 4.25. The maximum absolute atomic E-state index is 12.9. The second-order valence-corrected chi connectivity index (χ2v) is 19.9. The van der Waals surface area contributed by atoms with Crippen molar-refractivity contribution in [3.63, 3.8) is 0 Å². The van der Waals surface area contributed by atoms with E-state index in [0.29, 0.717) is 19.4 Å². The van der Waals surface area contributed by atoms with Crippen LogP contribution >= 0.6 is 0 Å². The van der Waals surface area contributed by atoms with Crippen LogP contribution in [0.1, 0.15) is 303 Å². The zero-order valence-electron chi connectivity index (χ0n) is 45.6. The number of rotatable bonds is 55. The summed E-state index contributed by atoms with van der Waals surface area (Å²) in [6.45, 7) is 7.80. The summed E-state index contributed by atoms with van der Waals surface area (Å²) >= 11 is 0. The standard InChI is InChI=1S/C63H114O5/c1-4-7-10-13-16-19-22-25-27-29-31-33-35-37-40-43-46-49-52-55-58-66-59-61(68-63(65)57-54-51-48-45-42-38-24-21-18-15-12-9-6-3)60-67-62(64)56-53-50-47-44-41-39-36-34-32-30-28-26-23-20-17-14-11-8-5-2/h16-17,19-20,25-28,32,34,61H,4-15,18,21-24,29-31,33,35-60H2,1-3H3/b19-16-,20-17-,27-25-,28-26-,34-32-. The van der Waals surface area contributed by atoms with Gasteiger partial charge in [0.2, 0.25) is 0 Å². The minimum absolute atomic E-state index is 0.0796. The molecule has 0 N–H and O–H groups in total. The summed E-state index contributed by atoms with van der Waals surface area (Å²) in [6.07, 6.45) is 75.2. The molecule has 0 amide bonds. The van der Waals surface area contributed by atoms with Crippen molar-refractivity contribution in [1.29, 1.82) is 0 Å². The van der Waals surface area contributed by atoms with E-state index < -0.39 is 6.10 Å². The van der Waals surface area contributed by atoms with E-state index in [1.807, 2.05) is 0 Å². The number of unbranched alkanes of at least 4 members (excludes halogenated alkanes) is 34. The Morgan fingerprint density at radius 3 is 1.01 bits per heavy atom. The average Bonchev–Trinajstić information content (AvgIpc) is 3.34. The van der Waals surface area contributed by atoms with Crippen LogP contribution in [0.5, 0.6) is 0 Å². The van der Waals surface area contributed by atoms with Crippen LogP contribution in [0, 0.1) is 0 Å². The first-order chi connectivity index (χ1) is 33.6. The van der Waals surface area contributed by atoms with Gasteiger partial charge in [-0.15, -0.1) is 0 Å². The van der Waals surface area contributed by atoms with Crippen molar-refractivity contribution >= 4 is 11.9 Å². The topological polar surface area (TPSA) is 61.8 Å². The molecule has 0 saturated heterocycles. The van der Waals surface area contributed by atoms with Crippen LogP contribution in [-0.4, -0.2) is 37.9 Å². The number of esters is 2. The van der Waals surface area contributed by atoms with Crippen LogP contribution in [0.25, 0.3) is 0 Å². The molecule has 1 atom stereocenters. The quantitative estimate of drug-likeness (QED) is 0.0345. The molecule has 0 radical (unpaired) electrons. The smallest absolute Gasteiger partial charge is 0.306 e. The zero-order valence-corrected chi connectivity index (χ0v) is 45.6. The predicted molar refractivity (Wildman–Crippen MR) is 298 cm³/mol. The number of hydrogen-bond donors (Lipinski definition) is 0. The molecule has 0 saturated carbocycles. The van der Waals surface area contributed by atoms with Crippen molar-refractivity contribution in [2.75, 3.05) is 19.8 Å². The minimum Gasteiger partial charge on any atom is -0.462 e. The van der Waals surface area contributed by atoms with Crippen LogP contribution in [0.4, 0.5) is 0 Å². The van der Waals surface area contributed by atoms with E-state index in [-0.39, 0.29) is 25.2 Å². The summed E-state index contributed by atoms with van der Waals surface area (Å²) in [5.41, 5.74) is 0. The molecule has 0 aliphatic heterocycles. The second kappa shape index (κ2) is 58.9. The molecule has 5 heteroatoms. The van der Waals surface area contributed by atoms with E-state index in [1.54, 1.807) is 0 Å². The Hall–Kier alpha value is -2.40. The van der Waals surface area contributed by atoms with E-state index >= 15 is 0 Å². The minimum atomic E-state index is -0.543. The highest BCUT2D eigenvalue weighted by Crippen LogP contribution is 2.16. The molecular formula is C63H114O5. The van der Waals surface area contributed by atoms with Gasteiger partial charge in [0.15, 0.2) is 6.10 Å². The summed E-state index contributed by atoms with van der Waals surface area (Å²) in [5, 5.41) is 0. The molecule has 0 rings (SSSR count). The van der Waals surface area contributed by atoms with Crippen molar-refractivity contribution in [2.24, 2.45) is 0 Å². The van der Waals surface area contributed by atoms with Gasteiger partial charge in [-0.05, 0) is 89.9 Å². The Morgan fingerprint density at radius 1 is 0.324 bits per heavy atom. The number of carbonyl (C=O) groups is 2. The van der Waals surface area contributed by atoms with Crippen LogP contribution in [-0.2, 0) is 23.8 Å². The molecule has 0 bridgehead atoms. The second-order valence-electron chi connectivity index (χ2n) is 19.9. The van der Waals surface area contributed by atoms with Gasteiger partial charge in [0.25, 0.3) is 0 Å². The molecule has 68 heavy (non-hydrogen) atoms. The monoisotopic (exact) mass is 951 g/mol. The number of hydrogen-bond acceptors (Lipinski definition) is 5. The molecule has 1 unspecified atom stereocenters. The molecule has 396 valence electrons. The third kappa shape index (κ3) is 56.2. The van der Waals surface area contributed by atoms with Gasteiger partial charge in [-0.25, -0.2) is 0 Å². The fraction of sp³-hybridized carbons (Fsp3) is 0.810. The largest absolute Gasteiger partial charge is 0.462 e. The lowest BCUT2D eigenvalue weighted by Gasteiger charge is -2.18. The van der Waals surface area contributed by atoms with Gasteiger partial charge >= 0.3 is 11.9 Å². The van der Waals surface area contributed by atoms with E-state index in [1.165, 1.54) is 199 Å². The maximum atomic E-state index is 12.9. The molecule has 0 aromatic heterocycles. The number of carbonyl (C=O) groups excluding carboxylic acids is 2. The van der Waals surface area contributed by atoms with Crippen LogP contribution < -0.4 is 0 Å². The Bertz CT molecular complexity index is 1170. The lowest BCUT2D eigenvalue weighted by atomic mass is 10.0. The molecule has 0 fully saturated rings. The molecule has 5 nitrogen and oxygen atoms in total. The fourth-order valence-corrected chi connectivity index (χ4v) is 8.55. The summed E-state index contributed by atoms with van der Waals surface area (Å²) in [7, 11) is 0. The van der Waals surface area contributed by atoms with Gasteiger partial charge in [0.1, 0.15) is 6.61 Å². The highest BCUT2D eigenvalue weighted by Gasteiger charge is 2.17. The first-order valence-electron chi connectivity index (χ1n) is 29.8. The molecule has 0 aromatic carbocycles. The number of allylic oxidation sites excluding steroid dienone is 10. The van der Waals surface area contributed by atoms with Crippen molar-refractivity contribution in [2.45, 2.75) is 309 Å². The Kier molecular flexibility index (Phi) is 56.8. The maximum Gasteiger partial charge on any atom is 0.306 e. The molecule has 0 aromatic rings. The van der Waals surface area contributed by atoms with Gasteiger partial charge in [-0.1, -0.05) is 261 Å². The third-order valence-electron chi connectivity index (χ3n) is 13.0. The van der Waals surface area contributed by atoms with Gasteiger partial charge < -0.3 is 14.2 Å². The van der Waals surface area contributed by atoms with Crippen LogP contribution in [0.2, 0.25) is 0 Å². The van der Waals surface area contributed by atoms with Crippen LogP contribution in [0.3, 0.4) is 0 Å². The lowest BCUT2D eigenvalue weighted by molar-refractivity contribution is -0.163. The summed E-state index contributed by atoms with van der Waals surface area (Å²) in [4.78, 5) is 25.5. The van der Waals surface area contributed by atoms with Crippen molar-refractivity contribution in [1.82, 2.24) is 0 Å². The molecule has 0 aliphatic rings. The lowest BCUT2D eigenvalue weighted by Crippen LogP contribution is -2.30. The van der Waals surface area contributed by atoms with Gasteiger partial charge in [0.05, 0.1) is 6.61 Å². The number of ether oxygens (including phenoxy) is 3. The first kappa shape index (κ1) is 65.6. The SMILES string of the molecule is CCCCC/C=C\C/C=C\C/C=C\CCCCCCCCC(=O)OCC(COCCCCCCCCCCCC/C=C\C/C=C\CCCCC)OC(=O)CCCCCCCCCCCCCCC. The normalized spacial score (nSPS) is 12.6. The molecule has 0 heterocycles. The summed E-state index contributed by atoms with van der Waals surface area (Å²) < 4.78 is 17.5. The van der Waals surface area contributed by atoms with E-state index in [4.69, 9.17) is 14.2 Å². The average molecular weight is 952 g/mol. The fourth-order valence-electron chi connectivity index (χ4n) is 8.55. The van der Waals surface area contributed by atoms with Gasteiger partial charge in [-0.3, -0.25) is 9.59 Å². The molecule has 0 aliphatic carbocycles. The summed E-state index contributed by atoms with van der Waals surface area (Å²) in [6, 6.07) is 0. The van der Waals surface area contributed by atoms with E-state index in [2.05, 4.69) is 81.5 Å². The Labute approximate surface area is 424 Å². The van der Waals surface area contributed by atoms with Gasteiger partial charge in [0, 0.05) is 19.4 Å². The van der Waals surface area contributed by atoms with Gasteiger partial charge in [-0.2, -0.15) is 0 Å². The highest BCUT2D eigenvalue weighted by atomic mass is 16.6. The first-order valence-corrected chi connectivity index (χ1v) is 29.8. The van der Waals surface area contributed by atoms with Crippen molar-refractivity contribution in [3.05, 3.63) is 60.8 Å². The van der Waals surface area contributed by atoms with E-state index in [0.717, 1.165) is 70.6 Å². The van der Waals surface area contributed by atoms with E-state index in [9.17, 15) is 9.59 Å². The Morgan fingerprint density at radius 2 is 0.618 bits per heavy atom. The predicted octanol–water partition coefficient (Wildman–Crippen LogP) is 20.5. The third-order valence-corrected chi connectivity index (χ3v) is 13.0. The van der Waals surface area contributed by atoms with Crippen LogP contribution in [0.15, 0.2) is 60.8 Å². The molecular weight excluding hydrogens is 837 g/mol. The van der Waals surface area contributed by atoms with Crippen molar-refractivity contribution in [3.8, 4) is 0 Å². The molecule has 0 spiro atoms. The highest BCUT2D eigenvalue weighted by molar-refractivity contribution is 5.70.